The van der Waals surface area contributed by atoms with E-state index in [0.717, 1.165) is 11.1 Å². The highest BCUT2D eigenvalue weighted by atomic mass is 16.6. The van der Waals surface area contributed by atoms with E-state index < -0.39 is 0 Å². The van der Waals surface area contributed by atoms with Gasteiger partial charge in [-0.05, 0) is 24.3 Å². The number of carbonyl (C=O) groups is 1. The minimum Gasteiger partial charge on any atom is -0.486 e. The summed E-state index contributed by atoms with van der Waals surface area (Å²) in [6.07, 6.45) is -0.00425. The van der Waals surface area contributed by atoms with Crippen molar-refractivity contribution in [3.8, 4) is 11.5 Å². The standard InChI is InChI=1S/C19H18N2O4/c1-21(11-13-12-23-17-8-4-5-9-18(17)24-13)19(22)10-15-14-6-2-3-7-16(14)25-20-15/h2-9,13H,10-12H2,1H3/t13-/m1/s1. The number of aromatic nitrogens is 1. The summed E-state index contributed by atoms with van der Waals surface area (Å²) >= 11 is 0. The van der Waals surface area contributed by atoms with E-state index >= 15 is 0 Å². The first-order valence-electron chi connectivity index (χ1n) is 8.16. The van der Waals surface area contributed by atoms with Gasteiger partial charge < -0.3 is 18.9 Å². The number of para-hydroxylation sites is 3. The fourth-order valence-corrected chi connectivity index (χ4v) is 2.90. The molecule has 0 spiro atoms. The van der Waals surface area contributed by atoms with Gasteiger partial charge in [0.2, 0.25) is 5.91 Å². The summed E-state index contributed by atoms with van der Waals surface area (Å²) in [4.78, 5) is 14.2. The van der Waals surface area contributed by atoms with Crippen molar-refractivity contribution < 1.29 is 18.8 Å². The van der Waals surface area contributed by atoms with E-state index in [2.05, 4.69) is 5.16 Å². The highest BCUT2D eigenvalue weighted by Gasteiger charge is 2.24. The first-order valence-corrected chi connectivity index (χ1v) is 8.16. The summed E-state index contributed by atoms with van der Waals surface area (Å²) in [5.74, 6) is 1.41. The number of fused-ring (bicyclic) bond motifs is 2. The second-order valence-corrected chi connectivity index (χ2v) is 6.07. The monoisotopic (exact) mass is 338 g/mol. The summed E-state index contributed by atoms with van der Waals surface area (Å²) in [6.45, 7) is 0.866. The average molecular weight is 338 g/mol. The van der Waals surface area contributed by atoms with E-state index in [1.807, 2.05) is 48.5 Å². The van der Waals surface area contributed by atoms with Crippen molar-refractivity contribution >= 4 is 16.9 Å². The molecule has 0 saturated carbocycles. The molecule has 6 nitrogen and oxygen atoms in total. The molecule has 0 fully saturated rings. The first-order chi connectivity index (χ1) is 12.2. The van der Waals surface area contributed by atoms with Crippen LogP contribution in [-0.4, -0.2) is 42.3 Å². The van der Waals surface area contributed by atoms with Crippen LogP contribution in [0.25, 0.3) is 11.0 Å². The third-order valence-electron chi connectivity index (χ3n) is 4.24. The summed E-state index contributed by atoms with van der Waals surface area (Å²) in [7, 11) is 1.76. The number of rotatable bonds is 4. The smallest absolute Gasteiger partial charge is 0.228 e. The predicted octanol–water partition coefficient (Wildman–Crippen LogP) is 2.67. The van der Waals surface area contributed by atoms with Crippen LogP contribution in [0.15, 0.2) is 53.1 Å². The molecular formula is C19H18N2O4. The van der Waals surface area contributed by atoms with Gasteiger partial charge in [0.05, 0.1) is 13.0 Å². The molecule has 4 rings (SSSR count). The number of likely N-dealkylation sites (N-methyl/N-ethyl adjacent to an activating group) is 1. The maximum atomic E-state index is 12.5. The average Bonchev–Trinajstić information content (AvgIpc) is 3.04. The number of benzene rings is 2. The third kappa shape index (κ3) is 3.15. The maximum Gasteiger partial charge on any atom is 0.228 e. The molecule has 0 N–H and O–H groups in total. The van der Waals surface area contributed by atoms with Crippen molar-refractivity contribution in [1.29, 1.82) is 0 Å². The predicted molar refractivity (Wildman–Crippen MR) is 91.7 cm³/mol. The Morgan fingerprint density at radius 1 is 1.16 bits per heavy atom. The van der Waals surface area contributed by atoms with E-state index in [1.54, 1.807) is 11.9 Å². The lowest BCUT2D eigenvalue weighted by atomic mass is 10.1. The van der Waals surface area contributed by atoms with Gasteiger partial charge in [0.25, 0.3) is 0 Å². The van der Waals surface area contributed by atoms with E-state index in [1.165, 1.54) is 0 Å². The van der Waals surface area contributed by atoms with Crippen LogP contribution in [0.5, 0.6) is 11.5 Å². The lowest BCUT2D eigenvalue weighted by Crippen LogP contribution is -2.42. The molecule has 6 heteroatoms. The molecule has 0 unspecified atom stereocenters. The zero-order valence-electron chi connectivity index (χ0n) is 13.8. The van der Waals surface area contributed by atoms with Gasteiger partial charge in [0, 0.05) is 12.4 Å². The Labute approximate surface area is 144 Å². The summed E-state index contributed by atoms with van der Waals surface area (Å²) in [6, 6.07) is 15.1. The minimum absolute atomic E-state index is 0.0403. The molecule has 1 aliphatic rings. The van der Waals surface area contributed by atoms with Crippen LogP contribution >= 0.6 is 0 Å². The van der Waals surface area contributed by atoms with Gasteiger partial charge in [-0.2, -0.15) is 0 Å². The van der Waals surface area contributed by atoms with Crippen molar-refractivity contribution in [1.82, 2.24) is 10.1 Å². The molecule has 0 radical (unpaired) electrons. The Morgan fingerprint density at radius 2 is 1.92 bits per heavy atom. The molecule has 1 atom stereocenters. The lowest BCUT2D eigenvalue weighted by Gasteiger charge is -2.29. The second kappa shape index (κ2) is 6.47. The highest BCUT2D eigenvalue weighted by Crippen LogP contribution is 2.31. The maximum absolute atomic E-state index is 12.5. The zero-order chi connectivity index (χ0) is 17.2. The van der Waals surface area contributed by atoms with Gasteiger partial charge in [-0.3, -0.25) is 4.79 Å². The summed E-state index contributed by atoms with van der Waals surface area (Å²) in [5.41, 5.74) is 1.34. The van der Waals surface area contributed by atoms with Crippen molar-refractivity contribution in [3.05, 3.63) is 54.2 Å². The molecule has 1 aliphatic heterocycles. The number of carbonyl (C=O) groups excluding carboxylic acids is 1. The van der Waals surface area contributed by atoms with Crippen LogP contribution in [0.2, 0.25) is 0 Å². The van der Waals surface area contributed by atoms with E-state index in [0.29, 0.717) is 30.2 Å². The molecule has 128 valence electrons. The molecule has 0 saturated heterocycles. The highest BCUT2D eigenvalue weighted by molar-refractivity contribution is 5.86. The second-order valence-electron chi connectivity index (χ2n) is 6.07. The van der Waals surface area contributed by atoms with Gasteiger partial charge in [-0.15, -0.1) is 0 Å². The normalized spacial score (nSPS) is 16.0. The number of nitrogens with zero attached hydrogens (tertiary/aromatic N) is 2. The third-order valence-corrected chi connectivity index (χ3v) is 4.24. The minimum atomic E-state index is -0.196. The molecule has 0 bridgehead atoms. The van der Waals surface area contributed by atoms with Gasteiger partial charge in [0.15, 0.2) is 23.2 Å². The van der Waals surface area contributed by atoms with Gasteiger partial charge in [-0.1, -0.05) is 29.4 Å². The van der Waals surface area contributed by atoms with E-state index in [-0.39, 0.29) is 18.4 Å². The lowest BCUT2D eigenvalue weighted by molar-refractivity contribution is -0.130. The Hall–Kier alpha value is -3.02. The van der Waals surface area contributed by atoms with Crippen LogP contribution < -0.4 is 9.47 Å². The number of hydrogen-bond donors (Lipinski definition) is 0. The molecule has 0 aliphatic carbocycles. The van der Waals surface area contributed by atoms with Crippen LogP contribution in [0.4, 0.5) is 0 Å². The van der Waals surface area contributed by atoms with E-state index in [4.69, 9.17) is 14.0 Å². The molecule has 25 heavy (non-hydrogen) atoms. The largest absolute Gasteiger partial charge is 0.486 e. The van der Waals surface area contributed by atoms with Crippen LogP contribution in [0.3, 0.4) is 0 Å². The van der Waals surface area contributed by atoms with Gasteiger partial charge in [-0.25, -0.2) is 0 Å². The summed E-state index contributed by atoms with van der Waals surface area (Å²) in [5, 5.41) is 4.89. The quantitative estimate of drug-likeness (QED) is 0.732. The summed E-state index contributed by atoms with van der Waals surface area (Å²) < 4.78 is 16.8. The Balaban J connectivity index is 1.40. The molecule has 1 aromatic heterocycles. The van der Waals surface area contributed by atoms with Crippen LogP contribution in [0.1, 0.15) is 5.69 Å². The number of ether oxygens (including phenoxy) is 2. The fraction of sp³-hybridized carbons (Fsp3) is 0.263. The van der Waals surface area contributed by atoms with Gasteiger partial charge >= 0.3 is 0 Å². The van der Waals surface area contributed by atoms with Crippen LogP contribution in [-0.2, 0) is 11.2 Å². The topological polar surface area (TPSA) is 64.8 Å². The molecule has 2 aromatic carbocycles. The Kier molecular flexibility index (Phi) is 4.01. The van der Waals surface area contributed by atoms with Gasteiger partial charge in [0.1, 0.15) is 12.3 Å². The molecule has 3 aromatic rings. The number of hydrogen-bond acceptors (Lipinski definition) is 5. The fourth-order valence-electron chi connectivity index (χ4n) is 2.90. The van der Waals surface area contributed by atoms with Crippen molar-refractivity contribution in [2.24, 2.45) is 0 Å². The Bertz CT molecular complexity index is 905. The van der Waals surface area contributed by atoms with Crippen molar-refractivity contribution in [2.75, 3.05) is 20.2 Å². The molecule has 1 amide bonds. The van der Waals surface area contributed by atoms with Crippen molar-refractivity contribution in [3.63, 3.8) is 0 Å². The first kappa shape index (κ1) is 15.5. The molecular weight excluding hydrogens is 320 g/mol. The van der Waals surface area contributed by atoms with E-state index in [9.17, 15) is 4.79 Å². The Morgan fingerprint density at radius 3 is 2.80 bits per heavy atom. The molecule has 2 heterocycles. The van der Waals surface area contributed by atoms with Crippen molar-refractivity contribution in [2.45, 2.75) is 12.5 Å². The number of amides is 1. The SMILES string of the molecule is CN(C[C@@H]1COc2ccccc2O1)C(=O)Cc1noc2ccccc12. The zero-order valence-corrected chi connectivity index (χ0v) is 13.8. The van der Waals surface area contributed by atoms with Crippen LogP contribution in [0, 0.1) is 0 Å².